The van der Waals surface area contributed by atoms with Gasteiger partial charge in [0.05, 0.1) is 10.6 Å². The van der Waals surface area contributed by atoms with Crippen LogP contribution in [0.1, 0.15) is 52.5 Å². The average molecular weight is 466 g/mol. The molecule has 1 aromatic heterocycles. The number of aromatic nitrogens is 1. The van der Waals surface area contributed by atoms with Gasteiger partial charge in [-0.25, -0.2) is 18.1 Å². The summed E-state index contributed by atoms with van der Waals surface area (Å²) >= 11 is 0. The molecule has 3 N–H and O–H groups in total. The molecule has 33 heavy (non-hydrogen) atoms. The highest BCUT2D eigenvalue weighted by Crippen LogP contribution is 2.47. The van der Waals surface area contributed by atoms with Crippen LogP contribution < -0.4 is 15.2 Å². The number of ether oxygens (including phenoxy) is 1. The molecule has 172 valence electrons. The predicted octanol–water partition coefficient (Wildman–Crippen LogP) is 4.55. The maximum absolute atomic E-state index is 13.1. The van der Waals surface area contributed by atoms with Gasteiger partial charge in [0.25, 0.3) is 15.9 Å². The Hall–Kier alpha value is -3.39. The molecular formula is C25H27N3O4S. The molecule has 1 aliphatic rings. The molecule has 7 nitrogen and oxygen atoms in total. The van der Waals surface area contributed by atoms with Crippen molar-refractivity contribution in [2.24, 2.45) is 0 Å². The fourth-order valence-corrected chi connectivity index (χ4v) is 4.83. The summed E-state index contributed by atoms with van der Waals surface area (Å²) in [6.07, 6.45) is 1.99. The zero-order valence-corrected chi connectivity index (χ0v) is 19.9. The van der Waals surface area contributed by atoms with E-state index in [1.807, 2.05) is 32.9 Å². The van der Waals surface area contributed by atoms with E-state index < -0.39 is 15.9 Å². The molecule has 0 radical (unpaired) electrons. The number of carbonyl (C=O) groups excluding carboxylic acids is 1. The number of nitrogen functional groups attached to an aromatic ring is 1. The molecule has 0 bridgehead atoms. The molecule has 0 atom stereocenters. The normalized spacial score (nSPS) is 14.5. The number of benzene rings is 2. The molecule has 2 aromatic carbocycles. The summed E-state index contributed by atoms with van der Waals surface area (Å²) in [5.41, 5.74) is 9.67. The number of pyridine rings is 1. The SMILES string of the molecule is Cc1cc(C)c(Oc2nc(C3(C)CC3)ccc2C(=O)NS(=O)(=O)c2cccc(N)c2)c(C)c1. The van der Waals surface area contributed by atoms with Gasteiger partial charge in [0, 0.05) is 11.1 Å². The lowest BCUT2D eigenvalue weighted by atomic mass is 10.0. The van der Waals surface area contributed by atoms with E-state index in [4.69, 9.17) is 10.5 Å². The van der Waals surface area contributed by atoms with Crippen molar-refractivity contribution in [1.29, 1.82) is 0 Å². The summed E-state index contributed by atoms with van der Waals surface area (Å²) in [6, 6.07) is 13.1. The Kier molecular flexibility index (Phi) is 5.66. The molecule has 3 aromatic rings. The topological polar surface area (TPSA) is 111 Å². The van der Waals surface area contributed by atoms with Crippen LogP contribution in [0.15, 0.2) is 53.4 Å². The van der Waals surface area contributed by atoms with E-state index in [-0.39, 0.29) is 27.4 Å². The Bertz CT molecular complexity index is 1340. The minimum atomic E-state index is -4.13. The number of anilines is 1. The van der Waals surface area contributed by atoms with Crippen LogP contribution in [0, 0.1) is 20.8 Å². The van der Waals surface area contributed by atoms with Crippen molar-refractivity contribution in [1.82, 2.24) is 9.71 Å². The second-order valence-corrected chi connectivity index (χ2v) is 10.6. The molecule has 0 saturated heterocycles. The number of nitrogens with one attached hydrogen (secondary N) is 1. The third-order valence-corrected chi connectivity index (χ3v) is 7.25. The Morgan fingerprint density at radius 3 is 2.33 bits per heavy atom. The van der Waals surface area contributed by atoms with E-state index in [9.17, 15) is 13.2 Å². The lowest BCUT2D eigenvalue weighted by Gasteiger charge is -2.17. The molecule has 1 fully saturated rings. The van der Waals surface area contributed by atoms with Crippen molar-refractivity contribution in [2.45, 2.75) is 50.8 Å². The smallest absolute Gasteiger partial charge is 0.270 e. The monoisotopic (exact) mass is 465 g/mol. The largest absolute Gasteiger partial charge is 0.438 e. The standard InChI is InChI=1S/C25H27N3O4S/c1-15-12-16(2)22(17(3)13-15)32-24-20(8-9-21(27-24)25(4)10-11-25)23(29)28-33(30,31)19-7-5-6-18(26)14-19/h5-9,12-14H,10-11,26H2,1-4H3,(H,28,29). The number of carbonyl (C=O) groups is 1. The summed E-state index contributed by atoms with van der Waals surface area (Å²) in [4.78, 5) is 17.6. The van der Waals surface area contributed by atoms with Gasteiger partial charge in [-0.1, -0.05) is 30.7 Å². The maximum Gasteiger partial charge on any atom is 0.270 e. The van der Waals surface area contributed by atoms with E-state index >= 15 is 0 Å². The zero-order valence-electron chi connectivity index (χ0n) is 19.1. The summed E-state index contributed by atoms with van der Waals surface area (Å²) < 4.78 is 33.8. The second kappa shape index (κ2) is 8.19. The third-order valence-electron chi connectivity index (χ3n) is 5.92. The predicted molar refractivity (Wildman–Crippen MR) is 127 cm³/mol. The molecule has 0 spiro atoms. The Labute approximate surface area is 194 Å². The fourth-order valence-electron chi connectivity index (χ4n) is 3.81. The van der Waals surface area contributed by atoms with Crippen LogP contribution >= 0.6 is 0 Å². The Morgan fingerprint density at radius 1 is 1.06 bits per heavy atom. The lowest BCUT2D eigenvalue weighted by molar-refractivity contribution is 0.0978. The van der Waals surface area contributed by atoms with Crippen LogP contribution in [0.25, 0.3) is 0 Å². The van der Waals surface area contributed by atoms with Gasteiger partial charge in [0.15, 0.2) is 0 Å². The number of nitrogens with two attached hydrogens (primary N) is 1. The number of amides is 1. The molecule has 1 amide bonds. The maximum atomic E-state index is 13.1. The van der Waals surface area contributed by atoms with Gasteiger partial charge in [0.1, 0.15) is 11.3 Å². The quantitative estimate of drug-likeness (QED) is 0.517. The number of nitrogens with zero attached hydrogens (tertiary/aromatic N) is 1. The van der Waals surface area contributed by atoms with Crippen molar-refractivity contribution in [3.05, 3.63) is 76.5 Å². The van der Waals surface area contributed by atoms with Crippen LogP contribution in [-0.4, -0.2) is 19.3 Å². The zero-order chi connectivity index (χ0) is 24.0. The van der Waals surface area contributed by atoms with Crippen LogP contribution in [0.2, 0.25) is 0 Å². The minimum absolute atomic E-state index is 0.0369. The molecule has 4 rings (SSSR count). The number of hydrogen-bond donors (Lipinski definition) is 2. The number of hydrogen-bond acceptors (Lipinski definition) is 6. The summed E-state index contributed by atoms with van der Waals surface area (Å²) in [6.45, 7) is 7.94. The van der Waals surface area contributed by atoms with Gasteiger partial charge in [-0.15, -0.1) is 0 Å². The number of rotatable bonds is 6. The van der Waals surface area contributed by atoms with E-state index in [1.54, 1.807) is 18.2 Å². The molecule has 8 heteroatoms. The van der Waals surface area contributed by atoms with Crippen molar-refractivity contribution < 1.29 is 17.9 Å². The van der Waals surface area contributed by atoms with E-state index in [0.29, 0.717) is 5.75 Å². The summed E-state index contributed by atoms with van der Waals surface area (Å²) in [5, 5.41) is 0. The van der Waals surface area contributed by atoms with Gasteiger partial charge in [-0.2, -0.15) is 0 Å². The second-order valence-electron chi connectivity index (χ2n) is 8.95. The molecular weight excluding hydrogens is 438 g/mol. The van der Waals surface area contributed by atoms with Crippen molar-refractivity contribution in [2.75, 3.05) is 5.73 Å². The molecule has 1 heterocycles. The van der Waals surface area contributed by atoms with Crippen LogP contribution in [-0.2, 0) is 15.4 Å². The highest BCUT2D eigenvalue weighted by Gasteiger charge is 2.41. The van der Waals surface area contributed by atoms with Crippen molar-refractivity contribution >= 4 is 21.6 Å². The molecule has 1 aliphatic carbocycles. The van der Waals surface area contributed by atoms with E-state index in [2.05, 4.69) is 16.6 Å². The first-order valence-corrected chi connectivity index (χ1v) is 12.2. The highest BCUT2D eigenvalue weighted by atomic mass is 32.2. The van der Waals surface area contributed by atoms with Gasteiger partial charge < -0.3 is 10.5 Å². The first-order chi connectivity index (χ1) is 15.5. The third kappa shape index (κ3) is 4.71. The number of aryl methyl sites for hydroxylation is 3. The van der Waals surface area contributed by atoms with E-state index in [0.717, 1.165) is 35.2 Å². The van der Waals surface area contributed by atoms with Crippen LogP contribution in [0.5, 0.6) is 11.6 Å². The lowest BCUT2D eigenvalue weighted by Crippen LogP contribution is -2.31. The first-order valence-electron chi connectivity index (χ1n) is 10.7. The number of sulfonamides is 1. The first kappa shape index (κ1) is 22.8. The highest BCUT2D eigenvalue weighted by molar-refractivity contribution is 7.90. The summed E-state index contributed by atoms with van der Waals surface area (Å²) in [7, 11) is -4.13. The van der Waals surface area contributed by atoms with Gasteiger partial charge >= 0.3 is 0 Å². The van der Waals surface area contributed by atoms with Gasteiger partial charge in [-0.3, -0.25) is 4.79 Å². The molecule has 0 aliphatic heterocycles. The Morgan fingerprint density at radius 2 is 1.73 bits per heavy atom. The minimum Gasteiger partial charge on any atom is -0.438 e. The average Bonchev–Trinajstić information content (AvgIpc) is 3.49. The van der Waals surface area contributed by atoms with Crippen molar-refractivity contribution in [3.63, 3.8) is 0 Å². The summed E-state index contributed by atoms with van der Waals surface area (Å²) in [5.74, 6) is -0.148. The van der Waals surface area contributed by atoms with Crippen LogP contribution in [0.3, 0.4) is 0 Å². The Balaban J connectivity index is 1.73. The molecule has 0 unspecified atom stereocenters. The van der Waals surface area contributed by atoms with Crippen LogP contribution in [0.4, 0.5) is 5.69 Å². The molecule has 1 saturated carbocycles. The van der Waals surface area contributed by atoms with Gasteiger partial charge in [-0.05, 0) is 75.1 Å². The van der Waals surface area contributed by atoms with Gasteiger partial charge in [0.2, 0.25) is 5.88 Å². The fraction of sp³-hybridized carbons (Fsp3) is 0.280. The van der Waals surface area contributed by atoms with E-state index in [1.165, 1.54) is 18.2 Å². The van der Waals surface area contributed by atoms with Crippen molar-refractivity contribution in [3.8, 4) is 11.6 Å².